The number of carbonyl (C=O) groups is 1. The van der Waals surface area contributed by atoms with E-state index in [1.807, 2.05) is 25.7 Å². The third-order valence-corrected chi connectivity index (χ3v) is 3.70. The van der Waals surface area contributed by atoms with E-state index in [-0.39, 0.29) is 12.0 Å². The molecule has 0 saturated carbocycles. The number of aromatic nitrogens is 1. The lowest BCUT2D eigenvalue weighted by Crippen LogP contribution is -2.41. The lowest BCUT2D eigenvalue weighted by Gasteiger charge is -2.32. The van der Waals surface area contributed by atoms with E-state index in [0.29, 0.717) is 17.2 Å². The van der Waals surface area contributed by atoms with Crippen LogP contribution in [0, 0.1) is 5.92 Å². The van der Waals surface area contributed by atoms with E-state index in [4.69, 9.17) is 9.47 Å². The third kappa shape index (κ3) is 4.70. The van der Waals surface area contributed by atoms with Crippen LogP contribution in [0.4, 0.5) is 0 Å². The molecule has 122 valence electrons. The number of nitrogens with zero attached hydrogens (tertiary/aromatic N) is 2. The van der Waals surface area contributed by atoms with Crippen LogP contribution >= 0.6 is 0 Å². The molecular weight excluding hydrogens is 280 g/mol. The monoisotopic (exact) mass is 306 g/mol. The largest absolute Gasteiger partial charge is 0.489 e. The SMILES string of the molecule is CCOCC1CCCN(C(=O)c2cncc(OC(C)C)c2)C1. The molecular formula is C17H26N2O3. The Morgan fingerprint density at radius 1 is 1.45 bits per heavy atom. The highest BCUT2D eigenvalue weighted by Gasteiger charge is 2.25. The van der Waals surface area contributed by atoms with Crippen molar-refractivity contribution in [3.8, 4) is 5.75 Å². The molecule has 22 heavy (non-hydrogen) atoms. The first-order chi connectivity index (χ1) is 10.6. The van der Waals surface area contributed by atoms with Gasteiger partial charge in [0.25, 0.3) is 5.91 Å². The van der Waals surface area contributed by atoms with Crippen molar-refractivity contribution in [2.24, 2.45) is 5.92 Å². The highest BCUT2D eigenvalue weighted by atomic mass is 16.5. The molecule has 0 N–H and O–H groups in total. The van der Waals surface area contributed by atoms with Gasteiger partial charge in [-0.15, -0.1) is 0 Å². The van der Waals surface area contributed by atoms with Gasteiger partial charge in [-0.25, -0.2) is 0 Å². The molecule has 1 amide bonds. The summed E-state index contributed by atoms with van der Waals surface area (Å²) in [6.45, 7) is 8.93. The summed E-state index contributed by atoms with van der Waals surface area (Å²) in [6.07, 6.45) is 5.47. The maximum Gasteiger partial charge on any atom is 0.255 e. The van der Waals surface area contributed by atoms with E-state index in [0.717, 1.165) is 39.1 Å². The Morgan fingerprint density at radius 2 is 2.27 bits per heavy atom. The average Bonchev–Trinajstić information content (AvgIpc) is 2.52. The standard InChI is InChI=1S/C17H26N2O3/c1-4-21-12-14-6-5-7-19(11-14)17(20)15-8-16(10-18-9-15)22-13(2)3/h8-10,13-14H,4-7,11-12H2,1-3H3. The van der Waals surface area contributed by atoms with Gasteiger partial charge in [0.05, 0.1) is 24.5 Å². The average molecular weight is 306 g/mol. The molecule has 0 radical (unpaired) electrons. The Balaban J connectivity index is 2.01. The van der Waals surface area contributed by atoms with Gasteiger partial charge >= 0.3 is 0 Å². The van der Waals surface area contributed by atoms with E-state index in [1.165, 1.54) is 0 Å². The van der Waals surface area contributed by atoms with E-state index in [9.17, 15) is 4.79 Å². The van der Waals surface area contributed by atoms with Gasteiger partial charge in [0, 0.05) is 25.9 Å². The molecule has 1 atom stereocenters. The molecule has 0 aliphatic carbocycles. The number of pyridine rings is 1. The number of carbonyl (C=O) groups excluding carboxylic acids is 1. The Labute approximate surface area is 132 Å². The van der Waals surface area contributed by atoms with Crippen LogP contribution in [0.15, 0.2) is 18.5 Å². The van der Waals surface area contributed by atoms with E-state index < -0.39 is 0 Å². The normalized spacial score (nSPS) is 18.5. The second-order valence-electron chi connectivity index (χ2n) is 5.99. The lowest BCUT2D eigenvalue weighted by molar-refractivity contribution is 0.0500. The Hall–Kier alpha value is -1.62. The summed E-state index contributed by atoms with van der Waals surface area (Å²) in [4.78, 5) is 18.7. The second kappa shape index (κ2) is 8.13. The topological polar surface area (TPSA) is 51.7 Å². The van der Waals surface area contributed by atoms with Crippen molar-refractivity contribution < 1.29 is 14.3 Å². The van der Waals surface area contributed by atoms with Crippen LogP contribution in [0.2, 0.25) is 0 Å². The van der Waals surface area contributed by atoms with Gasteiger partial charge in [-0.2, -0.15) is 0 Å². The molecule has 0 aromatic carbocycles. The van der Waals surface area contributed by atoms with Crippen molar-refractivity contribution in [1.29, 1.82) is 0 Å². The van der Waals surface area contributed by atoms with Crippen molar-refractivity contribution >= 4 is 5.91 Å². The van der Waals surface area contributed by atoms with Crippen LogP contribution in [-0.2, 0) is 4.74 Å². The number of piperidine rings is 1. The predicted octanol–water partition coefficient (Wildman–Crippen LogP) is 2.76. The van der Waals surface area contributed by atoms with Crippen LogP contribution in [0.5, 0.6) is 5.75 Å². The molecule has 5 heteroatoms. The number of rotatable bonds is 6. The zero-order valence-corrected chi connectivity index (χ0v) is 13.7. The fourth-order valence-electron chi connectivity index (χ4n) is 2.73. The highest BCUT2D eigenvalue weighted by molar-refractivity contribution is 5.94. The summed E-state index contributed by atoms with van der Waals surface area (Å²) < 4.78 is 11.1. The number of likely N-dealkylation sites (tertiary alicyclic amines) is 1. The van der Waals surface area contributed by atoms with Gasteiger partial charge in [0.1, 0.15) is 5.75 Å². The van der Waals surface area contributed by atoms with Gasteiger partial charge < -0.3 is 14.4 Å². The number of hydrogen-bond donors (Lipinski definition) is 0. The number of amides is 1. The molecule has 1 aromatic heterocycles. The summed E-state index contributed by atoms with van der Waals surface area (Å²) in [6, 6.07) is 1.78. The zero-order chi connectivity index (χ0) is 15.9. The maximum absolute atomic E-state index is 12.6. The molecule has 1 aliphatic heterocycles. The molecule has 1 fully saturated rings. The highest BCUT2D eigenvalue weighted by Crippen LogP contribution is 2.20. The van der Waals surface area contributed by atoms with Crippen molar-refractivity contribution in [2.75, 3.05) is 26.3 Å². The van der Waals surface area contributed by atoms with Gasteiger partial charge in [0.2, 0.25) is 0 Å². The minimum Gasteiger partial charge on any atom is -0.489 e. The summed E-state index contributed by atoms with van der Waals surface area (Å²) in [5.41, 5.74) is 0.593. The zero-order valence-electron chi connectivity index (χ0n) is 13.7. The minimum atomic E-state index is 0.0305. The second-order valence-corrected chi connectivity index (χ2v) is 5.99. The molecule has 1 aliphatic rings. The van der Waals surface area contributed by atoms with Crippen molar-refractivity contribution in [3.63, 3.8) is 0 Å². The molecule has 0 bridgehead atoms. The summed E-state index contributed by atoms with van der Waals surface area (Å²) in [5.74, 6) is 1.10. The van der Waals surface area contributed by atoms with E-state index >= 15 is 0 Å². The van der Waals surface area contributed by atoms with E-state index in [2.05, 4.69) is 4.98 Å². The summed E-state index contributed by atoms with van der Waals surface area (Å²) >= 11 is 0. The molecule has 1 saturated heterocycles. The molecule has 0 spiro atoms. The lowest BCUT2D eigenvalue weighted by atomic mass is 9.98. The first kappa shape index (κ1) is 16.7. The van der Waals surface area contributed by atoms with E-state index in [1.54, 1.807) is 18.5 Å². The van der Waals surface area contributed by atoms with Gasteiger partial charge in [-0.3, -0.25) is 9.78 Å². The van der Waals surface area contributed by atoms with Crippen LogP contribution in [0.3, 0.4) is 0 Å². The fraction of sp³-hybridized carbons (Fsp3) is 0.647. The predicted molar refractivity (Wildman–Crippen MR) is 85.1 cm³/mol. The Bertz CT molecular complexity index is 491. The van der Waals surface area contributed by atoms with Crippen LogP contribution in [0.1, 0.15) is 44.0 Å². The van der Waals surface area contributed by atoms with Gasteiger partial charge in [-0.1, -0.05) is 0 Å². The smallest absolute Gasteiger partial charge is 0.255 e. The summed E-state index contributed by atoms with van der Waals surface area (Å²) in [7, 11) is 0. The fourth-order valence-corrected chi connectivity index (χ4v) is 2.73. The number of ether oxygens (including phenoxy) is 2. The Morgan fingerprint density at radius 3 is 3.00 bits per heavy atom. The first-order valence-corrected chi connectivity index (χ1v) is 8.09. The molecule has 2 heterocycles. The number of hydrogen-bond acceptors (Lipinski definition) is 4. The Kier molecular flexibility index (Phi) is 6.19. The maximum atomic E-state index is 12.6. The van der Waals surface area contributed by atoms with Crippen LogP contribution in [0.25, 0.3) is 0 Å². The summed E-state index contributed by atoms with van der Waals surface area (Å²) in [5, 5.41) is 0. The van der Waals surface area contributed by atoms with Crippen molar-refractivity contribution in [2.45, 2.75) is 39.7 Å². The van der Waals surface area contributed by atoms with Crippen LogP contribution in [-0.4, -0.2) is 48.2 Å². The molecule has 2 rings (SSSR count). The molecule has 1 aromatic rings. The molecule has 5 nitrogen and oxygen atoms in total. The third-order valence-electron chi connectivity index (χ3n) is 3.70. The van der Waals surface area contributed by atoms with Gasteiger partial charge in [0.15, 0.2) is 0 Å². The van der Waals surface area contributed by atoms with Crippen molar-refractivity contribution in [3.05, 3.63) is 24.0 Å². The van der Waals surface area contributed by atoms with Crippen molar-refractivity contribution in [1.82, 2.24) is 9.88 Å². The quantitative estimate of drug-likeness (QED) is 0.811. The first-order valence-electron chi connectivity index (χ1n) is 8.09. The van der Waals surface area contributed by atoms with Gasteiger partial charge in [-0.05, 0) is 45.6 Å². The minimum absolute atomic E-state index is 0.0305. The molecule has 1 unspecified atom stereocenters. The van der Waals surface area contributed by atoms with Crippen LogP contribution < -0.4 is 4.74 Å².